The van der Waals surface area contributed by atoms with Gasteiger partial charge in [-0.15, -0.1) is 11.3 Å². The van der Waals surface area contributed by atoms with Crippen molar-refractivity contribution < 1.29 is 12.8 Å². The molecular weight excluding hydrogens is 364 g/mol. The van der Waals surface area contributed by atoms with Crippen LogP contribution in [0, 0.1) is 0 Å². The molecule has 0 atom stereocenters. The van der Waals surface area contributed by atoms with Crippen LogP contribution in [0.2, 0.25) is 0 Å². The van der Waals surface area contributed by atoms with Crippen LogP contribution in [0.1, 0.15) is 10.6 Å². The third-order valence-corrected chi connectivity index (χ3v) is 6.30. The normalized spacial score (nSPS) is 11.9. The molecule has 0 aliphatic carbocycles. The maximum Gasteiger partial charge on any atom is 0.242 e. The van der Waals surface area contributed by atoms with Gasteiger partial charge in [0.1, 0.15) is 10.7 Å². The summed E-state index contributed by atoms with van der Waals surface area (Å²) in [4.78, 5) is 1.25. The maximum absolute atomic E-state index is 12.2. The molecule has 0 aromatic carbocycles. The lowest BCUT2D eigenvalue weighted by molar-refractivity contribution is 0.506. The number of furan rings is 1. The summed E-state index contributed by atoms with van der Waals surface area (Å²) >= 11 is 4.72. The highest BCUT2D eigenvalue weighted by molar-refractivity contribution is 9.11. The van der Waals surface area contributed by atoms with E-state index in [0.29, 0.717) is 23.3 Å². The van der Waals surface area contributed by atoms with Crippen LogP contribution in [-0.2, 0) is 23.0 Å². The molecule has 0 saturated heterocycles. The number of thiophene rings is 1. The lowest BCUT2D eigenvalue weighted by atomic mass is 10.3. The number of hydrogen-bond acceptors (Lipinski definition) is 5. The van der Waals surface area contributed by atoms with Crippen molar-refractivity contribution in [1.82, 2.24) is 10.0 Å². The largest absolute Gasteiger partial charge is 0.469 e. The molecule has 5 nitrogen and oxygen atoms in total. The van der Waals surface area contributed by atoms with Crippen molar-refractivity contribution >= 4 is 37.3 Å². The lowest BCUT2D eigenvalue weighted by Crippen LogP contribution is -2.25. The van der Waals surface area contributed by atoms with Crippen molar-refractivity contribution in [2.45, 2.75) is 17.9 Å². The van der Waals surface area contributed by atoms with Crippen LogP contribution >= 0.6 is 27.3 Å². The highest BCUT2D eigenvalue weighted by Gasteiger charge is 2.20. The van der Waals surface area contributed by atoms with Crippen molar-refractivity contribution in [2.24, 2.45) is 0 Å². The molecule has 0 unspecified atom stereocenters. The van der Waals surface area contributed by atoms with E-state index in [9.17, 15) is 8.42 Å². The van der Waals surface area contributed by atoms with E-state index in [2.05, 4.69) is 26.0 Å². The van der Waals surface area contributed by atoms with Gasteiger partial charge >= 0.3 is 0 Å². The minimum Gasteiger partial charge on any atom is -0.469 e. The van der Waals surface area contributed by atoms with Gasteiger partial charge in [0.2, 0.25) is 10.0 Å². The average molecular weight is 379 g/mol. The molecule has 0 spiro atoms. The Kier molecular flexibility index (Phi) is 5.39. The lowest BCUT2D eigenvalue weighted by Gasteiger charge is -2.04. The Hall–Kier alpha value is -0.670. The van der Waals surface area contributed by atoms with Crippen LogP contribution in [0.25, 0.3) is 0 Å². The first kappa shape index (κ1) is 15.7. The monoisotopic (exact) mass is 378 g/mol. The molecule has 0 saturated carbocycles. The first-order chi connectivity index (χ1) is 9.53. The molecule has 110 valence electrons. The molecule has 0 fully saturated rings. The van der Waals surface area contributed by atoms with E-state index in [1.165, 1.54) is 11.3 Å². The molecule has 0 bridgehead atoms. The van der Waals surface area contributed by atoms with Gasteiger partial charge in [0.25, 0.3) is 0 Å². The smallest absolute Gasteiger partial charge is 0.242 e. The molecular formula is C12H15BrN2O3S2. The molecule has 2 aromatic rings. The van der Waals surface area contributed by atoms with E-state index in [1.807, 2.05) is 13.1 Å². The number of rotatable bonds is 7. The fourth-order valence-corrected chi connectivity index (χ4v) is 5.41. The second-order valence-electron chi connectivity index (χ2n) is 4.11. The van der Waals surface area contributed by atoms with E-state index >= 15 is 0 Å². The second-order valence-corrected chi connectivity index (χ2v) is 8.30. The Morgan fingerprint density at radius 2 is 2.25 bits per heavy atom. The van der Waals surface area contributed by atoms with Crippen LogP contribution in [0.3, 0.4) is 0 Å². The third-order valence-electron chi connectivity index (χ3n) is 2.59. The van der Waals surface area contributed by atoms with Gasteiger partial charge < -0.3 is 9.73 Å². The summed E-state index contributed by atoms with van der Waals surface area (Å²) in [6, 6.07) is 5.28. The zero-order chi connectivity index (χ0) is 14.6. The molecule has 2 heterocycles. The summed E-state index contributed by atoms with van der Waals surface area (Å²) in [5.41, 5.74) is 0. The molecule has 0 aliphatic heterocycles. The number of halogens is 1. The topological polar surface area (TPSA) is 71.3 Å². The predicted molar refractivity (Wildman–Crippen MR) is 82.4 cm³/mol. The number of hydrogen-bond donors (Lipinski definition) is 2. The van der Waals surface area contributed by atoms with Gasteiger partial charge in [0.05, 0.1) is 10.0 Å². The molecule has 0 amide bonds. The van der Waals surface area contributed by atoms with Crippen LogP contribution in [0.15, 0.2) is 37.6 Å². The zero-order valence-corrected chi connectivity index (χ0v) is 14.1. The molecule has 2 rings (SSSR count). The van der Waals surface area contributed by atoms with Gasteiger partial charge in [0, 0.05) is 24.4 Å². The molecule has 20 heavy (non-hydrogen) atoms. The Bertz CT molecular complexity index is 650. The summed E-state index contributed by atoms with van der Waals surface area (Å²) in [6.07, 6.45) is 2.10. The second kappa shape index (κ2) is 6.86. The number of nitrogens with one attached hydrogen (secondary N) is 2. The van der Waals surface area contributed by atoms with Crippen LogP contribution in [0.4, 0.5) is 0 Å². The van der Waals surface area contributed by atoms with Gasteiger partial charge in [-0.25, -0.2) is 13.1 Å². The first-order valence-electron chi connectivity index (χ1n) is 5.98. The standard InChI is InChI=1S/C12H15BrN2O3S2/c1-14-8-10-7-11(12(13)19-10)20(16,17)15-5-4-9-3-2-6-18-9/h2-3,6-7,14-15H,4-5,8H2,1H3. The Balaban J connectivity index is 2.02. The highest BCUT2D eigenvalue weighted by atomic mass is 79.9. The van der Waals surface area contributed by atoms with Crippen molar-refractivity contribution in [3.8, 4) is 0 Å². The van der Waals surface area contributed by atoms with Gasteiger partial charge in [0.15, 0.2) is 0 Å². The van der Waals surface area contributed by atoms with E-state index in [4.69, 9.17) is 4.42 Å². The van der Waals surface area contributed by atoms with Crippen molar-refractivity contribution in [2.75, 3.05) is 13.6 Å². The Morgan fingerprint density at radius 3 is 2.90 bits per heavy atom. The van der Waals surface area contributed by atoms with E-state index in [1.54, 1.807) is 18.4 Å². The van der Waals surface area contributed by atoms with E-state index in [0.717, 1.165) is 10.6 Å². The highest BCUT2D eigenvalue weighted by Crippen LogP contribution is 2.31. The van der Waals surface area contributed by atoms with Crippen molar-refractivity contribution in [1.29, 1.82) is 0 Å². The van der Waals surface area contributed by atoms with Gasteiger partial charge in [-0.1, -0.05) is 0 Å². The molecule has 0 aliphatic rings. The van der Waals surface area contributed by atoms with Gasteiger partial charge in [-0.2, -0.15) is 0 Å². The van der Waals surface area contributed by atoms with E-state index in [-0.39, 0.29) is 4.90 Å². The molecule has 2 N–H and O–H groups in total. The Morgan fingerprint density at radius 1 is 1.45 bits per heavy atom. The molecule has 2 aromatic heterocycles. The van der Waals surface area contributed by atoms with Crippen LogP contribution < -0.4 is 10.0 Å². The molecule has 8 heteroatoms. The number of sulfonamides is 1. The summed E-state index contributed by atoms with van der Waals surface area (Å²) in [7, 11) is -1.67. The third kappa shape index (κ3) is 3.92. The van der Waals surface area contributed by atoms with Crippen molar-refractivity contribution in [3.05, 3.63) is 38.9 Å². The average Bonchev–Trinajstić information content (AvgIpc) is 2.99. The van der Waals surface area contributed by atoms with Gasteiger partial charge in [-0.3, -0.25) is 0 Å². The summed E-state index contributed by atoms with van der Waals surface area (Å²) in [5, 5.41) is 3.00. The summed E-state index contributed by atoms with van der Waals surface area (Å²) in [5.74, 6) is 0.757. The Labute approximate surface area is 130 Å². The molecule has 0 radical (unpaired) electrons. The zero-order valence-electron chi connectivity index (χ0n) is 10.8. The summed E-state index contributed by atoms with van der Waals surface area (Å²) < 4.78 is 32.8. The summed E-state index contributed by atoms with van der Waals surface area (Å²) in [6.45, 7) is 0.949. The quantitative estimate of drug-likeness (QED) is 0.775. The SMILES string of the molecule is CNCc1cc(S(=O)(=O)NCCc2ccco2)c(Br)s1. The van der Waals surface area contributed by atoms with Crippen LogP contribution in [0.5, 0.6) is 0 Å². The van der Waals surface area contributed by atoms with Crippen LogP contribution in [-0.4, -0.2) is 22.0 Å². The van der Waals surface area contributed by atoms with Gasteiger partial charge in [-0.05, 0) is 41.2 Å². The first-order valence-corrected chi connectivity index (χ1v) is 9.07. The minimum absolute atomic E-state index is 0.284. The fourth-order valence-electron chi connectivity index (χ4n) is 1.68. The minimum atomic E-state index is -3.50. The van der Waals surface area contributed by atoms with E-state index < -0.39 is 10.0 Å². The predicted octanol–water partition coefficient (Wildman–Crippen LogP) is 2.34. The maximum atomic E-state index is 12.2. The van der Waals surface area contributed by atoms with Crippen molar-refractivity contribution in [3.63, 3.8) is 0 Å². The fraction of sp³-hybridized carbons (Fsp3) is 0.333.